The number of imide groups is 1. The number of rotatable bonds is 13. The summed E-state index contributed by atoms with van der Waals surface area (Å²) < 4.78 is 12.4. The maximum Gasteiger partial charge on any atom is 0.333 e. The fourth-order valence-electron chi connectivity index (χ4n) is 2.96. The zero-order valence-corrected chi connectivity index (χ0v) is 19.0. The van der Waals surface area contributed by atoms with Crippen molar-refractivity contribution >= 4 is 17.8 Å². The van der Waals surface area contributed by atoms with Crippen molar-refractivity contribution in [3.05, 3.63) is 24.3 Å². The molecule has 0 atom stereocenters. The van der Waals surface area contributed by atoms with E-state index in [0.717, 1.165) is 0 Å². The Morgan fingerprint density at radius 2 is 1.44 bits per heavy atom. The van der Waals surface area contributed by atoms with Crippen LogP contribution in [-0.4, -0.2) is 68.6 Å². The molecule has 1 aliphatic heterocycles. The van der Waals surface area contributed by atoms with E-state index < -0.39 is 17.2 Å². The lowest BCUT2D eigenvalue weighted by Crippen LogP contribution is -2.37. The predicted molar refractivity (Wildman–Crippen MR) is 114 cm³/mol. The van der Waals surface area contributed by atoms with Gasteiger partial charge >= 0.3 is 5.97 Å². The van der Waals surface area contributed by atoms with Crippen LogP contribution in [0, 0.1) is 0 Å². The molecule has 0 saturated carbocycles. The molecule has 0 bridgehead atoms. The van der Waals surface area contributed by atoms with E-state index in [0.29, 0.717) is 43.8 Å². The average molecular weight is 453 g/mol. The number of hydrogen-bond donors (Lipinski definition) is 2. The lowest BCUT2D eigenvalue weighted by atomic mass is 10.0. The van der Waals surface area contributed by atoms with E-state index in [2.05, 4.69) is 0 Å². The van der Waals surface area contributed by atoms with Gasteiger partial charge in [-0.25, -0.2) is 4.79 Å². The predicted octanol–water partition coefficient (Wildman–Crippen LogP) is 1.93. The molecule has 0 aliphatic carbocycles. The summed E-state index contributed by atoms with van der Waals surface area (Å²) in [6.07, 6.45) is 4.12. The fraction of sp³-hybridized carbons (Fsp3) is 0.591. The number of nitrogens with zero attached hydrogens (tertiary/aromatic N) is 2. The van der Waals surface area contributed by atoms with Crippen LogP contribution in [-0.2, 0) is 23.9 Å². The van der Waals surface area contributed by atoms with E-state index in [1.165, 1.54) is 29.2 Å². The van der Waals surface area contributed by atoms with Gasteiger partial charge in [0.2, 0.25) is 11.8 Å². The monoisotopic (exact) mass is 452 g/mol. The first-order chi connectivity index (χ1) is 14.9. The number of carbonyl (C=O) groups excluding carboxylic acids is 3. The second kappa shape index (κ2) is 10.6. The molecule has 1 aromatic heterocycles. The summed E-state index contributed by atoms with van der Waals surface area (Å²) in [5, 5.41) is 18.9. The van der Waals surface area contributed by atoms with Crippen molar-refractivity contribution in [3.63, 3.8) is 0 Å². The van der Waals surface area contributed by atoms with Gasteiger partial charge in [0.15, 0.2) is 0 Å². The van der Waals surface area contributed by atoms with Gasteiger partial charge in [0.25, 0.3) is 11.8 Å². The van der Waals surface area contributed by atoms with Crippen LogP contribution in [0.2, 0.25) is 0 Å². The number of carbonyl (C=O) groups is 3. The number of ether oxygens (including phenoxy) is 2. The molecule has 0 radical (unpaired) electrons. The Bertz CT molecular complexity index is 819. The highest BCUT2D eigenvalue weighted by Gasteiger charge is 2.28. The topological polar surface area (TPSA) is 128 Å². The molecular formula is C22H32N2O8. The summed E-state index contributed by atoms with van der Waals surface area (Å²) in [4.78, 5) is 41.2. The van der Waals surface area contributed by atoms with Gasteiger partial charge in [-0.15, -0.1) is 4.73 Å². The summed E-state index contributed by atoms with van der Waals surface area (Å²) in [5.41, 5.74) is -1.000. The normalized spacial score (nSPS) is 14.4. The summed E-state index contributed by atoms with van der Waals surface area (Å²) in [6.45, 7) is 8.70. The molecule has 2 amide bonds. The van der Waals surface area contributed by atoms with Crippen molar-refractivity contribution in [1.82, 2.24) is 9.63 Å². The van der Waals surface area contributed by atoms with Crippen LogP contribution in [0.4, 0.5) is 0 Å². The number of hydrogen-bond acceptors (Lipinski definition) is 8. The van der Waals surface area contributed by atoms with Crippen molar-refractivity contribution < 1.29 is 38.9 Å². The highest BCUT2D eigenvalue weighted by atomic mass is 16.7. The Kier molecular flexibility index (Phi) is 8.45. The van der Waals surface area contributed by atoms with Gasteiger partial charge in [-0.1, -0.05) is 0 Å². The van der Waals surface area contributed by atoms with Gasteiger partial charge in [-0.05, 0) is 47.0 Å². The zero-order valence-electron chi connectivity index (χ0n) is 19.0. The Morgan fingerprint density at radius 1 is 0.906 bits per heavy atom. The molecule has 178 valence electrons. The average Bonchev–Trinajstić information content (AvgIpc) is 3.19. The first-order valence-corrected chi connectivity index (χ1v) is 10.5. The smallest absolute Gasteiger partial charge is 0.333 e. The molecule has 1 aliphatic rings. The third-order valence-corrected chi connectivity index (χ3v) is 5.04. The van der Waals surface area contributed by atoms with Crippen LogP contribution in [0.3, 0.4) is 0 Å². The Balaban J connectivity index is 1.62. The van der Waals surface area contributed by atoms with E-state index in [1.54, 1.807) is 0 Å². The summed E-state index contributed by atoms with van der Waals surface area (Å²) >= 11 is 0. The largest absolute Gasteiger partial charge is 0.492 e. The molecule has 0 aromatic carbocycles. The third kappa shape index (κ3) is 7.69. The molecule has 2 heterocycles. The SMILES string of the molecule is CC(C)(CCOC(C)(C)CCN1C(=O)C=CC1=O)OCCCC(=O)On1c(O)ccc1O. The minimum atomic E-state index is -0.608. The molecule has 2 rings (SSSR count). The lowest BCUT2D eigenvalue weighted by molar-refractivity contribution is -0.146. The number of aromatic hydroxyl groups is 2. The minimum Gasteiger partial charge on any atom is -0.492 e. The number of amides is 2. The van der Waals surface area contributed by atoms with Crippen molar-refractivity contribution in [2.75, 3.05) is 19.8 Å². The van der Waals surface area contributed by atoms with Gasteiger partial charge in [0.05, 0.1) is 24.2 Å². The van der Waals surface area contributed by atoms with E-state index in [9.17, 15) is 24.6 Å². The third-order valence-electron chi connectivity index (χ3n) is 5.04. The zero-order chi connectivity index (χ0) is 23.9. The van der Waals surface area contributed by atoms with Gasteiger partial charge in [-0.3, -0.25) is 14.5 Å². The van der Waals surface area contributed by atoms with E-state index in [-0.39, 0.29) is 30.0 Å². The van der Waals surface area contributed by atoms with Crippen LogP contribution in [0.1, 0.15) is 53.4 Å². The quantitative estimate of drug-likeness (QED) is 0.343. The second-order valence-electron chi connectivity index (χ2n) is 8.79. The molecule has 10 nitrogen and oxygen atoms in total. The van der Waals surface area contributed by atoms with E-state index in [4.69, 9.17) is 14.3 Å². The highest BCUT2D eigenvalue weighted by Crippen LogP contribution is 2.21. The van der Waals surface area contributed by atoms with Crippen LogP contribution < -0.4 is 4.84 Å². The summed E-state index contributed by atoms with van der Waals surface area (Å²) in [7, 11) is 0. The fourth-order valence-corrected chi connectivity index (χ4v) is 2.96. The highest BCUT2D eigenvalue weighted by molar-refractivity contribution is 6.12. The van der Waals surface area contributed by atoms with Crippen LogP contribution >= 0.6 is 0 Å². The molecule has 0 unspecified atom stereocenters. The minimum absolute atomic E-state index is 0.0550. The Morgan fingerprint density at radius 3 is 2.03 bits per heavy atom. The molecule has 32 heavy (non-hydrogen) atoms. The first-order valence-electron chi connectivity index (χ1n) is 10.5. The molecular weight excluding hydrogens is 420 g/mol. The van der Waals surface area contributed by atoms with Crippen LogP contribution in [0.25, 0.3) is 0 Å². The van der Waals surface area contributed by atoms with Crippen molar-refractivity contribution in [3.8, 4) is 11.8 Å². The van der Waals surface area contributed by atoms with Crippen molar-refractivity contribution in [2.45, 2.75) is 64.6 Å². The van der Waals surface area contributed by atoms with Crippen LogP contribution in [0.5, 0.6) is 11.8 Å². The standard InChI is InChI=1S/C22H32N2O8/c1-21(2,11-13-23-16(25)7-8-17(23)26)31-15-12-22(3,4)30-14-5-6-20(29)32-24-18(27)9-10-19(24)28/h7-10,27-28H,5-6,11-15H2,1-4H3. The second-order valence-corrected chi connectivity index (χ2v) is 8.79. The molecule has 0 spiro atoms. The van der Waals surface area contributed by atoms with Crippen LogP contribution in [0.15, 0.2) is 24.3 Å². The molecule has 1 aromatic rings. The van der Waals surface area contributed by atoms with E-state index in [1.807, 2.05) is 27.7 Å². The van der Waals surface area contributed by atoms with Gasteiger partial charge in [-0.2, -0.15) is 0 Å². The lowest BCUT2D eigenvalue weighted by Gasteiger charge is -2.30. The first kappa shape index (κ1) is 25.4. The summed E-state index contributed by atoms with van der Waals surface area (Å²) in [6, 6.07) is 2.42. The maximum absolute atomic E-state index is 11.8. The number of aromatic nitrogens is 1. The summed E-state index contributed by atoms with van der Waals surface area (Å²) in [5.74, 6) is -1.95. The van der Waals surface area contributed by atoms with Gasteiger partial charge in [0, 0.05) is 37.4 Å². The molecule has 2 N–H and O–H groups in total. The molecule has 10 heteroatoms. The van der Waals surface area contributed by atoms with Gasteiger partial charge in [0.1, 0.15) is 0 Å². The van der Waals surface area contributed by atoms with Gasteiger partial charge < -0.3 is 24.5 Å². The Hall–Kier alpha value is -2.85. The van der Waals surface area contributed by atoms with Crippen molar-refractivity contribution in [1.29, 1.82) is 0 Å². The van der Waals surface area contributed by atoms with Crippen molar-refractivity contribution in [2.24, 2.45) is 0 Å². The maximum atomic E-state index is 11.8. The molecule has 0 fully saturated rings. The van der Waals surface area contributed by atoms with E-state index >= 15 is 0 Å². The Labute approximate surface area is 187 Å². The molecule has 0 saturated heterocycles.